The van der Waals surface area contributed by atoms with E-state index in [4.69, 9.17) is 9.47 Å². The highest BCUT2D eigenvalue weighted by Crippen LogP contribution is 2.28. The van der Waals surface area contributed by atoms with Gasteiger partial charge in [-0.3, -0.25) is 10.3 Å². The Morgan fingerprint density at radius 2 is 2.22 bits per heavy atom. The Balaban J connectivity index is 1.72. The smallest absolute Gasteiger partial charge is 0.323 e. The monoisotopic (exact) mass is 314 g/mol. The summed E-state index contributed by atoms with van der Waals surface area (Å²) in [5.74, 6) is 1.91. The van der Waals surface area contributed by atoms with Crippen molar-refractivity contribution in [2.45, 2.75) is 13.5 Å². The number of urea groups is 1. The van der Waals surface area contributed by atoms with Crippen molar-refractivity contribution in [3.05, 3.63) is 41.9 Å². The molecule has 120 valence electrons. The molecule has 0 spiro atoms. The number of hydrogen-bond donors (Lipinski definition) is 1. The Hall–Kier alpha value is -2.83. The highest BCUT2D eigenvalue weighted by molar-refractivity contribution is 5.88. The van der Waals surface area contributed by atoms with Crippen LogP contribution in [0.15, 0.2) is 30.6 Å². The largest absolute Gasteiger partial charge is 0.497 e. The quantitative estimate of drug-likeness (QED) is 0.920. The molecule has 7 heteroatoms. The number of nitrogens with one attached hydrogen (secondary N) is 1. The molecule has 1 aromatic heterocycles. The minimum Gasteiger partial charge on any atom is -0.497 e. The van der Waals surface area contributed by atoms with Crippen LogP contribution in [0.5, 0.6) is 11.5 Å². The van der Waals surface area contributed by atoms with Gasteiger partial charge in [-0.15, -0.1) is 0 Å². The van der Waals surface area contributed by atoms with Gasteiger partial charge in [0.25, 0.3) is 0 Å². The van der Waals surface area contributed by atoms with Gasteiger partial charge in [0.1, 0.15) is 18.1 Å². The third-order valence-electron chi connectivity index (χ3n) is 3.56. The predicted molar refractivity (Wildman–Crippen MR) is 84.7 cm³/mol. The molecule has 1 aromatic carbocycles. The number of aryl methyl sites for hydroxylation is 1. The standard InChI is InChI=1S/C16H18N4O3/c1-11-8-18-15(9-17-11)19-16(21)20-5-6-23-14-7-13(22-2)4-3-12(14)10-20/h3-4,7-9H,5-6,10H2,1-2H3,(H,18,19,21). The first-order valence-corrected chi connectivity index (χ1v) is 7.30. The molecule has 0 unspecified atom stereocenters. The molecule has 0 radical (unpaired) electrons. The Morgan fingerprint density at radius 3 is 2.96 bits per heavy atom. The van der Waals surface area contributed by atoms with Crippen LogP contribution < -0.4 is 14.8 Å². The molecule has 7 nitrogen and oxygen atoms in total. The zero-order chi connectivity index (χ0) is 16.2. The minimum absolute atomic E-state index is 0.226. The summed E-state index contributed by atoms with van der Waals surface area (Å²) in [6, 6.07) is 5.37. The lowest BCUT2D eigenvalue weighted by atomic mass is 10.2. The van der Waals surface area contributed by atoms with Gasteiger partial charge in [0.05, 0.1) is 38.3 Å². The van der Waals surface area contributed by atoms with Crippen molar-refractivity contribution in [1.29, 1.82) is 0 Å². The van der Waals surface area contributed by atoms with E-state index in [0.717, 1.165) is 22.8 Å². The Morgan fingerprint density at radius 1 is 1.35 bits per heavy atom. The number of anilines is 1. The van der Waals surface area contributed by atoms with Crippen molar-refractivity contribution in [3.63, 3.8) is 0 Å². The number of amides is 2. The average Bonchev–Trinajstić information content (AvgIpc) is 2.78. The number of fused-ring (bicyclic) bond motifs is 1. The normalized spacial score (nSPS) is 13.6. The summed E-state index contributed by atoms with van der Waals surface area (Å²) >= 11 is 0. The fourth-order valence-electron chi connectivity index (χ4n) is 2.30. The number of carbonyl (C=O) groups is 1. The number of carbonyl (C=O) groups excluding carboxylic acids is 1. The van der Waals surface area contributed by atoms with E-state index < -0.39 is 0 Å². The molecule has 0 bridgehead atoms. The number of aromatic nitrogens is 2. The van der Waals surface area contributed by atoms with Crippen LogP contribution in [-0.2, 0) is 6.54 Å². The third kappa shape index (κ3) is 3.50. The molecule has 2 heterocycles. The average molecular weight is 314 g/mol. The van der Waals surface area contributed by atoms with Crippen LogP contribution in [0.1, 0.15) is 11.3 Å². The minimum atomic E-state index is -0.226. The van der Waals surface area contributed by atoms with Gasteiger partial charge in [0.15, 0.2) is 5.82 Å². The highest BCUT2D eigenvalue weighted by atomic mass is 16.5. The number of rotatable bonds is 2. The number of ether oxygens (including phenoxy) is 2. The van der Waals surface area contributed by atoms with Crippen LogP contribution in [-0.4, -0.2) is 41.2 Å². The molecule has 2 amide bonds. The first-order valence-electron chi connectivity index (χ1n) is 7.30. The van der Waals surface area contributed by atoms with Gasteiger partial charge in [-0.2, -0.15) is 0 Å². The van der Waals surface area contributed by atoms with Gasteiger partial charge in [-0.05, 0) is 19.1 Å². The molecule has 0 fully saturated rings. The van der Waals surface area contributed by atoms with Crippen molar-refractivity contribution in [1.82, 2.24) is 14.9 Å². The molecule has 1 aliphatic heterocycles. The highest BCUT2D eigenvalue weighted by Gasteiger charge is 2.20. The van der Waals surface area contributed by atoms with E-state index >= 15 is 0 Å². The first kappa shape index (κ1) is 15.1. The van der Waals surface area contributed by atoms with Crippen molar-refractivity contribution >= 4 is 11.8 Å². The van der Waals surface area contributed by atoms with Gasteiger partial charge in [-0.25, -0.2) is 9.78 Å². The second kappa shape index (κ2) is 6.51. The lowest BCUT2D eigenvalue weighted by Gasteiger charge is -2.20. The maximum absolute atomic E-state index is 12.4. The van der Waals surface area contributed by atoms with Crippen molar-refractivity contribution in [2.24, 2.45) is 0 Å². The summed E-state index contributed by atoms with van der Waals surface area (Å²) in [7, 11) is 1.61. The molecule has 23 heavy (non-hydrogen) atoms. The van der Waals surface area contributed by atoms with E-state index in [1.807, 2.05) is 25.1 Å². The van der Waals surface area contributed by atoms with Gasteiger partial charge < -0.3 is 14.4 Å². The van der Waals surface area contributed by atoms with Gasteiger partial charge in [0, 0.05) is 11.6 Å². The number of hydrogen-bond acceptors (Lipinski definition) is 5. The molecule has 1 aliphatic rings. The number of nitrogens with zero attached hydrogens (tertiary/aromatic N) is 3. The SMILES string of the molecule is COc1ccc2c(c1)OCCN(C(=O)Nc1cnc(C)cn1)C2. The lowest BCUT2D eigenvalue weighted by molar-refractivity contribution is 0.200. The molecule has 0 atom stereocenters. The first-order chi connectivity index (χ1) is 11.2. The molecule has 2 aromatic rings. The molecule has 0 saturated carbocycles. The third-order valence-corrected chi connectivity index (χ3v) is 3.56. The summed E-state index contributed by atoms with van der Waals surface area (Å²) in [5, 5.41) is 2.75. The van der Waals surface area contributed by atoms with Gasteiger partial charge >= 0.3 is 6.03 Å². The predicted octanol–water partition coefficient (Wildman–Crippen LogP) is 2.22. The van der Waals surface area contributed by atoms with Crippen molar-refractivity contribution in [2.75, 3.05) is 25.6 Å². The van der Waals surface area contributed by atoms with Crippen molar-refractivity contribution in [3.8, 4) is 11.5 Å². The van der Waals surface area contributed by atoms with E-state index in [1.165, 1.54) is 0 Å². The van der Waals surface area contributed by atoms with Crippen LogP contribution in [0.25, 0.3) is 0 Å². The summed E-state index contributed by atoms with van der Waals surface area (Å²) < 4.78 is 10.9. The summed E-state index contributed by atoms with van der Waals surface area (Å²) in [5.41, 5.74) is 1.74. The van der Waals surface area contributed by atoms with E-state index in [2.05, 4.69) is 15.3 Å². The molecule has 0 saturated heterocycles. The fourth-order valence-corrected chi connectivity index (χ4v) is 2.30. The zero-order valence-electron chi connectivity index (χ0n) is 13.1. The molecule has 0 aliphatic carbocycles. The van der Waals surface area contributed by atoms with Crippen LogP contribution in [0, 0.1) is 6.92 Å². The van der Waals surface area contributed by atoms with Crippen molar-refractivity contribution < 1.29 is 14.3 Å². The summed E-state index contributed by atoms with van der Waals surface area (Å²) in [6.07, 6.45) is 3.16. The summed E-state index contributed by atoms with van der Waals surface area (Å²) in [4.78, 5) is 22.3. The molecule has 3 rings (SSSR count). The zero-order valence-corrected chi connectivity index (χ0v) is 13.1. The van der Waals surface area contributed by atoms with E-state index in [-0.39, 0.29) is 6.03 Å². The maximum atomic E-state index is 12.4. The van der Waals surface area contributed by atoms with Crippen LogP contribution in [0.4, 0.5) is 10.6 Å². The Labute approximate surface area is 134 Å². The number of methoxy groups -OCH3 is 1. The van der Waals surface area contributed by atoms with E-state index in [9.17, 15) is 4.79 Å². The van der Waals surface area contributed by atoms with Gasteiger partial charge in [0.2, 0.25) is 0 Å². The van der Waals surface area contributed by atoms with Gasteiger partial charge in [-0.1, -0.05) is 0 Å². The van der Waals surface area contributed by atoms with Crippen LogP contribution in [0.2, 0.25) is 0 Å². The topological polar surface area (TPSA) is 76.6 Å². The Kier molecular flexibility index (Phi) is 4.27. The van der Waals surface area contributed by atoms with Crippen LogP contribution >= 0.6 is 0 Å². The molecular weight excluding hydrogens is 296 g/mol. The van der Waals surface area contributed by atoms with Crippen LogP contribution in [0.3, 0.4) is 0 Å². The second-order valence-electron chi connectivity index (χ2n) is 5.22. The molecule has 1 N–H and O–H groups in total. The lowest BCUT2D eigenvalue weighted by Crippen LogP contribution is -2.36. The summed E-state index contributed by atoms with van der Waals surface area (Å²) in [6.45, 7) is 3.22. The fraction of sp³-hybridized carbons (Fsp3) is 0.312. The molecular formula is C16H18N4O3. The second-order valence-corrected chi connectivity index (χ2v) is 5.22. The van der Waals surface area contributed by atoms with E-state index in [1.54, 1.807) is 24.4 Å². The maximum Gasteiger partial charge on any atom is 0.323 e. The Bertz CT molecular complexity index is 703. The van der Waals surface area contributed by atoms with E-state index in [0.29, 0.717) is 25.5 Å². The number of benzene rings is 1.